The van der Waals surface area contributed by atoms with E-state index in [1.54, 1.807) is 0 Å². The molecular formula is C11H21NO8. The smallest absolute Gasteiger partial charge is 0.307 e. The lowest BCUT2D eigenvalue weighted by atomic mass is 9.92. The molecule has 1 saturated heterocycles. The second-order valence-corrected chi connectivity index (χ2v) is 5.04. The molecule has 0 aromatic carbocycles. The summed E-state index contributed by atoms with van der Waals surface area (Å²) in [6, 6.07) is -0.605. The molecule has 1 aliphatic rings. The van der Waals surface area contributed by atoms with Gasteiger partial charge in [0.05, 0.1) is 13.0 Å². The van der Waals surface area contributed by atoms with Gasteiger partial charge in [0.25, 0.3) is 0 Å². The normalized spacial score (nSPS) is 37.4. The first kappa shape index (κ1) is 17.2. The van der Waals surface area contributed by atoms with E-state index < -0.39 is 48.8 Å². The molecule has 1 aliphatic heterocycles. The molecule has 1 fully saturated rings. The van der Waals surface area contributed by atoms with Crippen molar-refractivity contribution < 1.29 is 40.2 Å². The Morgan fingerprint density at radius 2 is 2.05 bits per heavy atom. The summed E-state index contributed by atoms with van der Waals surface area (Å²) in [7, 11) is 0. The number of hydrogen-bond donors (Lipinski definition) is 7. The van der Waals surface area contributed by atoms with E-state index in [1.165, 1.54) is 6.92 Å². The van der Waals surface area contributed by atoms with Gasteiger partial charge in [-0.1, -0.05) is 0 Å². The highest BCUT2D eigenvalue weighted by atomic mass is 16.6. The summed E-state index contributed by atoms with van der Waals surface area (Å²) in [4.78, 5) is 10.4. The molecule has 118 valence electrons. The van der Waals surface area contributed by atoms with Crippen LogP contribution in [0.15, 0.2) is 0 Å². The minimum absolute atomic E-state index is 0.214. The van der Waals surface area contributed by atoms with Crippen molar-refractivity contribution >= 4 is 5.97 Å². The van der Waals surface area contributed by atoms with E-state index in [1.807, 2.05) is 0 Å². The number of carboxylic acid groups (broad SMARTS) is 1. The summed E-state index contributed by atoms with van der Waals surface area (Å²) in [5, 5.41) is 59.0. The average molecular weight is 295 g/mol. The Balaban J connectivity index is 2.55. The molecule has 0 aromatic rings. The standard InChI is InChI=1S/C11H21NO8/c1-5(12-7(14)2-8(15)16)3-11(19)10(18)9(17)6(13)4-20-11/h5-7,9-10,12-14,17-19H,2-4H2,1H3,(H,15,16)/t5?,6-,7?,9+,10-,11-/m1/s1. The molecule has 9 nitrogen and oxygen atoms in total. The molecule has 0 aliphatic carbocycles. The van der Waals surface area contributed by atoms with Gasteiger partial charge in [-0.3, -0.25) is 10.1 Å². The zero-order valence-electron chi connectivity index (χ0n) is 11.0. The minimum Gasteiger partial charge on any atom is -0.481 e. The maximum absolute atomic E-state index is 10.4. The Morgan fingerprint density at radius 3 is 2.60 bits per heavy atom. The van der Waals surface area contributed by atoms with Crippen molar-refractivity contribution in [1.29, 1.82) is 0 Å². The van der Waals surface area contributed by atoms with Crippen molar-refractivity contribution in [3.63, 3.8) is 0 Å². The third kappa shape index (κ3) is 4.35. The zero-order chi connectivity index (χ0) is 15.5. The molecule has 0 saturated carbocycles. The lowest BCUT2D eigenvalue weighted by Gasteiger charge is -2.43. The highest BCUT2D eigenvalue weighted by molar-refractivity contribution is 5.67. The predicted octanol–water partition coefficient (Wildman–Crippen LogP) is -3.05. The molecular weight excluding hydrogens is 274 g/mol. The Morgan fingerprint density at radius 1 is 1.45 bits per heavy atom. The molecule has 0 amide bonds. The van der Waals surface area contributed by atoms with Gasteiger partial charge in [0.15, 0.2) is 5.79 Å². The van der Waals surface area contributed by atoms with E-state index in [4.69, 9.17) is 9.84 Å². The van der Waals surface area contributed by atoms with Crippen molar-refractivity contribution in [3.8, 4) is 0 Å². The lowest BCUT2D eigenvalue weighted by molar-refractivity contribution is -0.325. The number of aliphatic hydroxyl groups excluding tert-OH is 4. The highest BCUT2D eigenvalue weighted by Crippen LogP contribution is 2.28. The van der Waals surface area contributed by atoms with Gasteiger partial charge in [-0.25, -0.2) is 0 Å². The van der Waals surface area contributed by atoms with Gasteiger partial charge in [-0.15, -0.1) is 0 Å². The van der Waals surface area contributed by atoms with E-state index >= 15 is 0 Å². The first-order valence-corrected chi connectivity index (χ1v) is 6.22. The molecule has 6 atom stereocenters. The lowest BCUT2D eigenvalue weighted by Crippen LogP contribution is -2.62. The molecule has 1 rings (SSSR count). The van der Waals surface area contributed by atoms with Gasteiger partial charge in [0.2, 0.25) is 0 Å². The summed E-state index contributed by atoms with van der Waals surface area (Å²) in [6.07, 6.45) is -6.62. The molecule has 0 spiro atoms. The second kappa shape index (κ2) is 6.76. The molecule has 1 heterocycles. The van der Waals surface area contributed by atoms with Crippen LogP contribution in [0.1, 0.15) is 19.8 Å². The van der Waals surface area contributed by atoms with Crippen molar-refractivity contribution in [3.05, 3.63) is 0 Å². The van der Waals surface area contributed by atoms with Crippen molar-refractivity contribution in [2.45, 2.75) is 56.1 Å². The highest BCUT2D eigenvalue weighted by Gasteiger charge is 2.48. The van der Waals surface area contributed by atoms with E-state index in [2.05, 4.69) is 5.32 Å². The quantitative estimate of drug-likeness (QED) is 0.252. The van der Waals surface area contributed by atoms with Gasteiger partial charge in [-0.05, 0) is 6.92 Å². The molecule has 2 unspecified atom stereocenters. The minimum atomic E-state index is -2.09. The Labute approximate surface area is 115 Å². The monoisotopic (exact) mass is 295 g/mol. The van der Waals surface area contributed by atoms with Crippen LogP contribution in [-0.4, -0.2) is 79.6 Å². The van der Waals surface area contributed by atoms with E-state index in [-0.39, 0.29) is 13.0 Å². The number of aliphatic carboxylic acids is 1. The maximum Gasteiger partial charge on any atom is 0.307 e. The summed E-state index contributed by atoms with van der Waals surface area (Å²) in [5.74, 6) is -3.28. The third-order valence-electron chi connectivity index (χ3n) is 3.13. The van der Waals surface area contributed by atoms with Crippen LogP contribution in [0, 0.1) is 0 Å². The van der Waals surface area contributed by atoms with Crippen LogP contribution in [0.25, 0.3) is 0 Å². The van der Waals surface area contributed by atoms with Gasteiger partial charge in [-0.2, -0.15) is 0 Å². The van der Waals surface area contributed by atoms with Crippen LogP contribution in [0.4, 0.5) is 0 Å². The Kier molecular flexibility index (Phi) is 5.83. The molecule has 20 heavy (non-hydrogen) atoms. The van der Waals surface area contributed by atoms with Crippen LogP contribution in [-0.2, 0) is 9.53 Å². The maximum atomic E-state index is 10.4. The van der Waals surface area contributed by atoms with E-state index in [0.29, 0.717) is 0 Å². The first-order valence-electron chi connectivity index (χ1n) is 6.22. The van der Waals surface area contributed by atoms with Crippen LogP contribution < -0.4 is 5.32 Å². The number of ether oxygens (including phenoxy) is 1. The fourth-order valence-corrected chi connectivity index (χ4v) is 2.12. The zero-order valence-corrected chi connectivity index (χ0v) is 11.0. The SMILES string of the molecule is CC(C[C@@]1(O)OC[C@@H](O)[C@H](O)[C@H]1O)NC(O)CC(=O)O. The molecule has 0 radical (unpaired) electrons. The number of aliphatic hydroxyl groups is 5. The molecule has 0 bridgehead atoms. The van der Waals surface area contributed by atoms with Crippen molar-refractivity contribution in [2.24, 2.45) is 0 Å². The summed E-state index contributed by atoms with van der Waals surface area (Å²) >= 11 is 0. The fraction of sp³-hybridized carbons (Fsp3) is 0.909. The van der Waals surface area contributed by atoms with E-state index in [9.17, 15) is 30.3 Å². The molecule has 7 N–H and O–H groups in total. The number of carboxylic acids is 1. The fourth-order valence-electron chi connectivity index (χ4n) is 2.12. The predicted molar refractivity (Wildman–Crippen MR) is 64.4 cm³/mol. The number of rotatable bonds is 6. The van der Waals surface area contributed by atoms with Crippen molar-refractivity contribution in [2.75, 3.05) is 6.61 Å². The van der Waals surface area contributed by atoms with Gasteiger partial charge < -0.3 is 35.4 Å². The average Bonchev–Trinajstić information content (AvgIpc) is 2.30. The van der Waals surface area contributed by atoms with Crippen LogP contribution in [0.2, 0.25) is 0 Å². The number of carbonyl (C=O) groups is 1. The Bertz CT molecular complexity index is 340. The summed E-state index contributed by atoms with van der Waals surface area (Å²) < 4.78 is 4.95. The van der Waals surface area contributed by atoms with Crippen molar-refractivity contribution in [1.82, 2.24) is 5.32 Å². The largest absolute Gasteiger partial charge is 0.481 e. The Hall–Kier alpha value is -0.810. The third-order valence-corrected chi connectivity index (χ3v) is 3.13. The number of hydrogen-bond acceptors (Lipinski definition) is 8. The van der Waals surface area contributed by atoms with Gasteiger partial charge in [0.1, 0.15) is 24.5 Å². The summed E-state index contributed by atoms with van der Waals surface area (Å²) in [5.41, 5.74) is 0. The number of nitrogens with one attached hydrogen (secondary N) is 1. The summed E-state index contributed by atoms with van der Waals surface area (Å²) in [6.45, 7) is 1.19. The molecule has 9 heteroatoms. The topological polar surface area (TPSA) is 160 Å². The molecule has 0 aromatic heterocycles. The van der Waals surface area contributed by atoms with Gasteiger partial charge in [0, 0.05) is 12.5 Å². The van der Waals surface area contributed by atoms with Crippen LogP contribution in [0.5, 0.6) is 0 Å². The first-order chi connectivity index (χ1) is 9.15. The van der Waals surface area contributed by atoms with E-state index in [0.717, 1.165) is 0 Å². The van der Waals surface area contributed by atoms with Crippen LogP contribution in [0.3, 0.4) is 0 Å². The van der Waals surface area contributed by atoms with Crippen LogP contribution >= 0.6 is 0 Å². The van der Waals surface area contributed by atoms with Gasteiger partial charge >= 0.3 is 5.97 Å². The second-order valence-electron chi connectivity index (χ2n) is 5.04.